The first-order chi connectivity index (χ1) is 5.21. The minimum absolute atomic E-state index is 0.770. The van der Waals surface area contributed by atoms with Gasteiger partial charge in [0.1, 0.15) is 0 Å². The van der Waals surface area contributed by atoms with Crippen LogP contribution in [0.2, 0.25) is 0 Å². The molecule has 0 radical (unpaired) electrons. The van der Waals surface area contributed by atoms with Crippen LogP contribution in [0.4, 0.5) is 0 Å². The number of fused-ring (bicyclic) bond motifs is 1. The van der Waals surface area contributed by atoms with E-state index in [-0.39, 0.29) is 0 Å². The Labute approximate surface area is 70.4 Å². The molecule has 0 nitrogen and oxygen atoms in total. The molecule has 2 aliphatic rings. The van der Waals surface area contributed by atoms with Crippen LogP contribution in [0.1, 0.15) is 52.4 Å². The van der Waals surface area contributed by atoms with Crippen LogP contribution in [-0.2, 0) is 0 Å². The van der Waals surface area contributed by atoms with Crippen LogP contribution in [0.25, 0.3) is 0 Å². The fourth-order valence-electron chi connectivity index (χ4n) is 3.22. The molecule has 0 bridgehead atoms. The van der Waals surface area contributed by atoms with Gasteiger partial charge in [-0.15, -0.1) is 0 Å². The summed E-state index contributed by atoms with van der Waals surface area (Å²) in [5.41, 5.74) is 0.770. The normalized spacial score (nSPS) is 50.7. The van der Waals surface area contributed by atoms with E-state index in [0.717, 1.165) is 17.3 Å². The van der Waals surface area contributed by atoms with Crippen molar-refractivity contribution in [1.82, 2.24) is 0 Å². The van der Waals surface area contributed by atoms with E-state index in [1.165, 1.54) is 38.5 Å². The van der Waals surface area contributed by atoms with Gasteiger partial charge in [-0.3, -0.25) is 0 Å². The minimum atomic E-state index is 0.770. The standard InChI is InChI=1S/C11H20/c1-9-5-7-11(2)6-3-4-10(11)8-9/h9-10H,3-8H2,1-2H3. The summed E-state index contributed by atoms with van der Waals surface area (Å²) in [7, 11) is 0. The summed E-state index contributed by atoms with van der Waals surface area (Å²) in [5, 5.41) is 0. The lowest BCUT2D eigenvalue weighted by Gasteiger charge is -2.39. The van der Waals surface area contributed by atoms with Crippen LogP contribution >= 0.6 is 0 Å². The quantitative estimate of drug-likeness (QED) is 0.497. The molecular weight excluding hydrogens is 132 g/mol. The highest BCUT2D eigenvalue weighted by atomic mass is 14.5. The van der Waals surface area contributed by atoms with Crippen molar-refractivity contribution < 1.29 is 0 Å². The first-order valence-electron chi connectivity index (χ1n) is 5.21. The zero-order valence-electron chi connectivity index (χ0n) is 7.90. The minimum Gasteiger partial charge on any atom is -0.0625 e. The molecule has 11 heavy (non-hydrogen) atoms. The highest BCUT2D eigenvalue weighted by Gasteiger charge is 2.41. The molecule has 0 aromatic carbocycles. The van der Waals surface area contributed by atoms with E-state index in [9.17, 15) is 0 Å². The molecule has 2 saturated carbocycles. The highest BCUT2D eigenvalue weighted by molar-refractivity contribution is 4.92. The first kappa shape index (κ1) is 7.64. The molecule has 3 unspecified atom stereocenters. The summed E-state index contributed by atoms with van der Waals surface area (Å²) < 4.78 is 0. The summed E-state index contributed by atoms with van der Waals surface area (Å²) in [6.45, 7) is 4.95. The van der Waals surface area contributed by atoms with Gasteiger partial charge in [-0.1, -0.05) is 26.7 Å². The molecule has 0 amide bonds. The third-order valence-corrected chi connectivity index (χ3v) is 4.18. The van der Waals surface area contributed by atoms with Gasteiger partial charge < -0.3 is 0 Å². The Morgan fingerprint density at radius 2 is 2.00 bits per heavy atom. The molecule has 0 heterocycles. The molecular formula is C11H20. The molecule has 0 N–H and O–H groups in total. The Morgan fingerprint density at radius 3 is 2.82 bits per heavy atom. The highest BCUT2D eigenvalue weighted by Crippen LogP contribution is 2.53. The summed E-state index contributed by atoms with van der Waals surface area (Å²) in [6, 6.07) is 0. The fourth-order valence-corrected chi connectivity index (χ4v) is 3.22. The van der Waals surface area contributed by atoms with E-state index in [1.807, 2.05) is 0 Å². The molecule has 2 rings (SSSR count). The van der Waals surface area contributed by atoms with E-state index >= 15 is 0 Å². The van der Waals surface area contributed by atoms with Gasteiger partial charge in [0.2, 0.25) is 0 Å². The Kier molecular flexibility index (Phi) is 1.74. The molecule has 0 aliphatic heterocycles. The van der Waals surface area contributed by atoms with Crippen molar-refractivity contribution in [2.75, 3.05) is 0 Å². The van der Waals surface area contributed by atoms with Crippen molar-refractivity contribution in [1.29, 1.82) is 0 Å². The van der Waals surface area contributed by atoms with E-state index in [1.54, 1.807) is 0 Å². The maximum absolute atomic E-state index is 2.52. The molecule has 0 heteroatoms. The third kappa shape index (κ3) is 1.21. The van der Waals surface area contributed by atoms with Crippen molar-refractivity contribution >= 4 is 0 Å². The van der Waals surface area contributed by atoms with Gasteiger partial charge in [-0.2, -0.15) is 0 Å². The second-order valence-electron chi connectivity index (χ2n) is 5.12. The summed E-state index contributed by atoms with van der Waals surface area (Å²) in [4.78, 5) is 0. The molecule has 0 saturated heterocycles. The fraction of sp³-hybridized carbons (Fsp3) is 1.00. The lowest BCUT2D eigenvalue weighted by atomic mass is 9.67. The third-order valence-electron chi connectivity index (χ3n) is 4.18. The second-order valence-corrected chi connectivity index (χ2v) is 5.12. The zero-order chi connectivity index (χ0) is 7.90. The molecule has 0 aromatic rings. The van der Waals surface area contributed by atoms with Crippen molar-refractivity contribution in [2.24, 2.45) is 17.3 Å². The molecule has 2 aliphatic carbocycles. The van der Waals surface area contributed by atoms with Gasteiger partial charge >= 0.3 is 0 Å². The first-order valence-corrected chi connectivity index (χ1v) is 5.21. The average molecular weight is 152 g/mol. The van der Waals surface area contributed by atoms with Gasteiger partial charge in [0, 0.05) is 0 Å². The van der Waals surface area contributed by atoms with E-state index < -0.39 is 0 Å². The van der Waals surface area contributed by atoms with Gasteiger partial charge in [-0.05, 0) is 42.9 Å². The molecule has 2 fully saturated rings. The lowest BCUT2D eigenvalue weighted by molar-refractivity contribution is 0.118. The Hall–Kier alpha value is 0. The number of rotatable bonds is 0. The molecule has 0 aromatic heterocycles. The second kappa shape index (κ2) is 2.50. The maximum Gasteiger partial charge on any atom is -0.0297 e. The maximum atomic E-state index is 2.52. The van der Waals surface area contributed by atoms with Crippen LogP contribution < -0.4 is 0 Å². The Morgan fingerprint density at radius 1 is 1.18 bits per heavy atom. The van der Waals surface area contributed by atoms with Gasteiger partial charge in [-0.25, -0.2) is 0 Å². The van der Waals surface area contributed by atoms with Crippen molar-refractivity contribution in [3.63, 3.8) is 0 Å². The molecule has 0 spiro atoms. The Balaban J connectivity index is 2.08. The molecule has 3 atom stereocenters. The topological polar surface area (TPSA) is 0 Å². The van der Waals surface area contributed by atoms with Gasteiger partial charge in [0.15, 0.2) is 0 Å². The summed E-state index contributed by atoms with van der Waals surface area (Å²) in [5.74, 6) is 2.11. The van der Waals surface area contributed by atoms with Crippen molar-refractivity contribution in [2.45, 2.75) is 52.4 Å². The van der Waals surface area contributed by atoms with Crippen molar-refractivity contribution in [3.8, 4) is 0 Å². The van der Waals surface area contributed by atoms with E-state index in [4.69, 9.17) is 0 Å². The van der Waals surface area contributed by atoms with Crippen LogP contribution in [0.15, 0.2) is 0 Å². The number of hydrogen-bond donors (Lipinski definition) is 0. The predicted molar refractivity (Wildman–Crippen MR) is 48.5 cm³/mol. The van der Waals surface area contributed by atoms with Crippen molar-refractivity contribution in [3.05, 3.63) is 0 Å². The van der Waals surface area contributed by atoms with E-state index in [2.05, 4.69) is 13.8 Å². The Bertz CT molecular complexity index is 150. The monoisotopic (exact) mass is 152 g/mol. The molecule has 64 valence electrons. The number of hydrogen-bond acceptors (Lipinski definition) is 0. The average Bonchev–Trinajstić information content (AvgIpc) is 2.31. The summed E-state index contributed by atoms with van der Waals surface area (Å²) in [6.07, 6.45) is 9.08. The zero-order valence-corrected chi connectivity index (χ0v) is 7.90. The van der Waals surface area contributed by atoms with Crippen LogP contribution in [0.5, 0.6) is 0 Å². The van der Waals surface area contributed by atoms with E-state index in [0.29, 0.717) is 0 Å². The smallest absolute Gasteiger partial charge is 0.0297 e. The van der Waals surface area contributed by atoms with Crippen LogP contribution in [0.3, 0.4) is 0 Å². The van der Waals surface area contributed by atoms with Crippen LogP contribution in [0, 0.1) is 17.3 Å². The predicted octanol–water partition coefficient (Wildman–Crippen LogP) is 3.61. The van der Waals surface area contributed by atoms with Crippen LogP contribution in [-0.4, -0.2) is 0 Å². The SMILES string of the molecule is CC1CCC2(C)CCCC2C1. The van der Waals surface area contributed by atoms with Gasteiger partial charge in [0.05, 0.1) is 0 Å². The lowest BCUT2D eigenvalue weighted by Crippen LogP contribution is -2.28. The largest absolute Gasteiger partial charge is 0.0625 e. The van der Waals surface area contributed by atoms with Gasteiger partial charge in [0.25, 0.3) is 0 Å². The summed E-state index contributed by atoms with van der Waals surface area (Å²) >= 11 is 0.